The lowest BCUT2D eigenvalue weighted by atomic mass is 10.2. The summed E-state index contributed by atoms with van der Waals surface area (Å²) in [7, 11) is 0. The van der Waals surface area contributed by atoms with Crippen LogP contribution in [0.25, 0.3) is 0 Å². The number of halogens is 4. The molecule has 0 saturated carbocycles. The Morgan fingerprint density at radius 3 is 2.39 bits per heavy atom. The number of benzene rings is 2. The summed E-state index contributed by atoms with van der Waals surface area (Å²) in [4.78, 5) is 0. The molecule has 0 fully saturated rings. The van der Waals surface area contributed by atoms with E-state index in [9.17, 15) is 4.39 Å². The molecule has 3 N–H and O–H groups in total. The Labute approximate surface area is 129 Å². The summed E-state index contributed by atoms with van der Waals surface area (Å²) in [5.41, 5.74) is 7.63. The van der Waals surface area contributed by atoms with Gasteiger partial charge >= 0.3 is 0 Å². The molecule has 18 heavy (non-hydrogen) atoms. The van der Waals surface area contributed by atoms with E-state index in [4.69, 9.17) is 5.73 Å². The smallest absolute Gasteiger partial charge is 0.139 e. The maximum absolute atomic E-state index is 13.5. The summed E-state index contributed by atoms with van der Waals surface area (Å²) in [5.74, 6) is -0.363. The maximum atomic E-state index is 13.5. The molecule has 0 amide bonds. The van der Waals surface area contributed by atoms with Gasteiger partial charge in [0.1, 0.15) is 5.82 Å². The molecule has 6 heteroatoms. The zero-order valence-electron chi connectivity index (χ0n) is 8.98. The van der Waals surface area contributed by atoms with Crippen molar-refractivity contribution in [3.05, 3.63) is 49.6 Å². The predicted octanol–water partition coefficient (Wildman–Crippen LogP) is 5.44. The first-order valence-corrected chi connectivity index (χ1v) is 7.32. The summed E-state index contributed by atoms with van der Waals surface area (Å²) in [5, 5.41) is 3.09. The first kappa shape index (κ1) is 13.8. The zero-order chi connectivity index (χ0) is 13.3. The molecule has 0 aromatic heterocycles. The van der Waals surface area contributed by atoms with Gasteiger partial charge in [0.15, 0.2) is 0 Å². The van der Waals surface area contributed by atoms with E-state index in [-0.39, 0.29) is 5.82 Å². The fourth-order valence-corrected chi connectivity index (χ4v) is 2.48. The number of hydrogen-bond acceptors (Lipinski definition) is 2. The van der Waals surface area contributed by atoms with Crippen molar-refractivity contribution in [2.24, 2.45) is 0 Å². The summed E-state index contributed by atoms with van der Waals surface area (Å²) in [6.45, 7) is 0. The molecule has 94 valence electrons. The number of nitrogens with two attached hydrogens (primary N) is 1. The van der Waals surface area contributed by atoms with Crippen LogP contribution in [0.5, 0.6) is 0 Å². The van der Waals surface area contributed by atoms with Crippen molar-refractivity contribution in [2.45, 2.75) is 0 Å². The Bertz CT molecular complexity index is 602. The van der Waals surface area contributed by atoms with Crippen molar-refractivity contribution in [3.63, 3.8) is 0 Å². The minimum absolute atomic E-state index is 0.346. The average molecular weight is 439 g/mol. The molecule has 0 atom stereocenters. The van der Waals surface area contributed by atoms with Crippen molar-refractivity contribution >= 4 is 64.9 Å². The fraction of sp³-hybridized carbons (Fsp3) is 0. The molecule has 2 nitrogen and oxygen atoms in total. The highest BCUT2D eigenvalue weighted by molar-refractivity contribution is 9.11. The third kappa shape index (κ3) is 3.05. The van der Waals surface area contributed by atoms with Gasteiger partial charge in [-0.15, -0.1) is 0 Å². The predicted molar refractivity (Wildman–Crippen MR) is 83.6 cm³/mol. The largest absolute Gasteiger partial charge is 0.397 e. The van der Waals surface area contributed by atoms with Crippen LogP contribution in [0.1, 0.15) is 0 Å². The number of rotatable bonds is 2. The molecule has 2 rings (SSSR count). The van der Waals surface area contributed by atoms with Gasteiger partial charge in [0.25, 0.3) is 0 Å². The average Bonchev–Trinajstić information content (AvgIpc) is 2.30. The zero-order valence-corrected chi connectivity index (χ0v) is 13.7. The van der Waals surface area contributed by atoms with Gasteiger partial charge in [-0.05, 0) is 56.1 Å². The molecular formula is C12H8Br3FN2. The molecule has 0 spiro atoms. The molecule has 0 radical (unpaired) electrons. The van der Waals surface area contributed by atoms with Crippen molar-refractivity contribution < 1.29 is 4.39 Å². The third-order valence-electron chi connectivity index (χ3n) is 2.29. The lowest BCUT2D eigenvalue weighted by Crippen LogP contribution is -1.98. The summed E-state index contributed by atoms with van der Waals surface area (Å²) < 4.78 is 15.6. The quantitative estimate of drug-likeness (QED) is 0.613. The van der Waals surface area contributed by atoms with E-state index < -0.39 is 0 Å². The van der Waals surface area contributed by atoms with Crippen LogP contribution in [-0.4, -0.2) is 0 Å². The second-order valence-corrected chi connectivity index (χ2v) is 6.23. The number of nitrogens with one attached hydrogen (secondary N) is 1. The second kappa shape index (κ2) is 5.59. The summed E-state index contributed by atoms with van der Waals surface area (Å²) in [6, 6.07) is 8.55. The number of hydrogen-bond donors (Lipinski definition) is 2. The van der Waals surface area contributed by atoms with E-state index in [2.05, 4.69) is 53.1 Å². The van der Waals surface area contributed by atoms with E-state index in [0.717, 1.165) is 14.6 Å². The highest BCUT2D eigenvalue weighted by Gasteiger charge is 2.08. The van der Waals surface area contributed by atoms with Gasteiger partial charge in [-0.25, -0.2) is 4.39 Å². The highest BCUT2D eigenvalue weighted by Crippen LogP contribution is 2.33. The van der Waals surface area contributed by atoms with Crippen LogP contribution in [0.3, 0.4) is 0 Å². The molecule has 0 unspecified atom stereocenters. The number of nitrogen functional groups attached to an aromatic ring is 1. The Morgan fingerprint density at radius 2 is 1.67 bits per heavy atom. The molecule has 0 saturated heterocycles. The summed E-state index contributed by atoms with van der Waals surface area (Å²) in [6.07, 6.45) is 0. The van der Waals surface area contributed by atoms with E-state index in [0.29, 0.717) is 15.8 Å². The molecule has 0 bridgehead atoms. The Hall–Kier alpha value is -0.590. The Morgan fingerprint density at radius 1 is 0.944 bits per heavy atom. The van der Waals surface area contributed by atoms with Gasteiger partial charge in [0, 0.05) is 15.0 Å². The molecule has 0 heterocycles. The van der Waals surface area contributed by atoms with Crippen LogP contribution in [0, 0.1) is 5.82 Å². The van der Waals surface area contributed by atoms with Gasteiger partial charge in [0.2, 0.25) is 0 Å². The maximum Gasteiger partial charge on any atom is 0.139 e. The highest BCUT2D eigenvalue weighted by atomic mass is 79.9. The first-order valence-electron chi connectivity index (χ1n) is 4.94. The molecule has 0 aliphatic heterocycles. The monoisotopic (exact) mass is 436 g/mol. The second-order valence-electron chi connectivity index (χ2n) is 3.60. The fourth-order valence-electron chi connectivity index (χ4n) is 1.41. The van der Waals surface area contributed by atoms with Crippen LogP contribution in [0.4, 0.5) is 21.5 Å². The van der Waals surface area contributed by atoms with Crippen LogP contribution in [-0.2, 0) is 0 Å². The van der Waals surface area contributed by atoms with Crippen LogP contribution in [0.15, 0.2) is 43.7 Å². The van der Waals surface area contributed by atoms with Crippen molar-refractivity contribution in [1.29, 1.82) is 0 Å². The minimum Gasteiger partial charge on any atom is -0.397 e. The van der Waals surface area contributed by atoms with Crippen LogP contribution < -0.4 is 11.1 Å². The van der Waals surface area contributed by atoms with Crippen LogP contribution >= 0.6 is 47.8 Å². The van der Waals surface area contributed by atoms with Crippen molar-refractivity contribution in [2.75, 3.05) is 11.1 Å². The van der Waals surface area contributed by atoms with Crippen LogP contribution in [0.2, 0.25) is 0 Å². The van der Waals surface area contributed by atoms with Crippen molar-refractivity contribution in [1.82, 2.24) is 0 Å². The Balaban J connectivity index is 2.40. The molecule has 2 aromatic carbocycles. The summed E-state index contributed by atoms with van der Waals surface area (Å²) >= 11 is 9.89. The minimum atomic E-state index is -0.363. The molecule has 0 aliphatic carbocycles. The molecule has 0 aliphatic rings. The Kier molecular flexibility index (Phi) is 4.29. The van der Waals surface area contributed by atoms with E-state index in [1.807, 2.05) is 18.2 Å². The van der Waals surface area contributed by atoms with Gasteiger partial charge in [0.05, 0.1) is 21.5 Å². The van der Waals surface area contributed by atoms with Gasteiger partial charge in [-0.3, -0.25) is 0 Å². The van der Waals surface area contributed by atoms with Gasteiger partial charge in [-0.2, -0.15) is 0 Å². The molecular weight excluding hydrogens is 431 g/mol. The number of anilines is 3. The van der Waals surface area contributed by atoms with E-state index in [1.54, 1.807) is 0 Å². The lowest BCUT2D eigenvalue weighted by molar-refractivity contribution is 0.622. The molecule has 2 aromatic rings. The first-order chi connectivity index (χ1) is 8.47. The van der Waals surface area contributed by atoms with E-state index in [1.165, 1.54) is 12.1 Å². The lowest BCUT2D eigenvalue weighted by Gasteiger charge is -2.12. The third-order valence-corrected chi connectivity index (χ3v) is 4.08. The topological polar surface area (TPSA) is 38.0 Å². The standard InChI is InChI=1S/C12H8Br3FN2/c13-6-1-2-7(14)11(3-6)18-12-5-9(16)8(15)4-10(12)17/h1-5,18H,17H2. The van der Waals surface area contributed by atoms with E-state index >= 15 is 0 Å². The SMILES string of the molecule is Nc1cc(Br)c(F)cc1Nc1cc(Br)ccc1Br. The van der Waals surface area contributed by atoms with Crippen molar-refractivity contribution in [3.8, 4) is 0 Å². The van der Waals surface area contributed by atoms with Gasteiger partial charge < -0.3 is 11.1 Å². The normalized spacial score (nSPS) is 10.4. The van der Waals surface area contributed by atoms with Gasteiger partial charge in [-0.1, -0.05) is 15.9 Å².